The minimum Gasteiger partial charge on any atom is -0.362 e. The van der Waals surface area contributed by atoms with Crippen LogP contribution in [-0.2, 0) is 11.3 Å². The zero-order valence-electron chi connectivity index (χ0n) is 16.2. The largest absolute Gasteiger partial charge is 0.362 e. The highest BCUT2D eigenvalue weighted by molar-refractivity contribution is 9.10. The topological polar surface area (TPSA) is 74.3 Å². The van der Waals surface area contributed by atoms with E-state index in [9.17, 15) is 9.59 Å². The lowest BCUT2D eigenvalue weighted by atomic mass is 10.1. The minimum atomic E-state index is -0.605. The number of carbonyl (C=O) groups is 2. The molecular formula is C20H25BrN4O2S. The van der Waals surface area contributed by atoms with E-state index in [2.05, 4.69) is 31.5 Å². The molecular weight excluding hydrogens is 440 g/mol. The van der Waals surface area contributed by atoms with Crippen LogP contribution < -0.4 is 15.5 Å². The Hall–Kier alpha value is -2.06. The predicted octanol–water partition coefficient (Wildman–Crippen LogP) is 3.08. The zero-order valence-corrected chi connectivity index (χ0v) is 18.6. The fourth-order valence-electron chi connectivity index (χ4n) is 2.66. The monoisotopic (exact) mass is 464 g/mol. The van der Waals surface area contributed by atoms with E-state index in [1.54, 1.807) is 36.2 Å². The van der Waals surface area contributed by atoms with Gasteiger partial charge in [0.1, 0.15) is 11.9 Å². The molecule has 6 nitrogen and oxygen atoms in total. The average molecular weight is 465 g/mol. The van der Waals surface area contributed by atoms with E-state index >= 15 is 0 Å². The molecule has 1 atom stereocenters. The highest BCUT2D eigenvalue weighted by atomic mass is 79.9. The smallest absolute Gasteiger partial charge is 0.253 e. The normalized spacial score (nSPS) is 11.6. The Kier molecular flexibility index (Phi) is 8.79. The third-order valence-electron chi connectivity index (χ3n) is 4.10. The second kappa shape index (κ2) is 11.1. The fourth-order valence-corrected chi connectivity index (χ4v) is 3.60. The molecule has 0 aliphatic carbocycles. The predicted molar refractivity (Wildman–Crippen MR) is 119 cm³/mol. The van der Waals surface area contributed by atoms with Crippen molar-refractivity contribution in [3.8, 4) is 0 Å². The van der Waals surface area contributed by atoms with Crippen LogP contribution in [0.25, 0.3) is 0 Å². The summed E-state index contributed by atoms with van der Waals surface area (Å²) >= 11 is 5.02. The average Bonchev–Trinajstić information content (AvgIpc) is 2.69. The SMILES string of the molecule is CSCCC(NC(=O)c1ccccc1Br)C(=O)NCc1cccnc1N(C)C. The molecule has 28 heavy (non-hydrogen) atoms. The summed E-state index contributed by atoms with van der Waals surface area (Å²) in [7, 11) is 3.82. The van der Waals surface area contributed by atoms with Gasteiger partial charge in [-0.3, -0.25) is 9.59 Å². The highest BCUT2D eigenvalue weighted by Gasteiger charge is 2.22. The Bertz CT molecular complexity index is 816. The molecule has 0 bridgehead atoms. The van der Waals surface area contributed by atoms with Crippen LogP contribution in [0.1, 0.15) is 22.3 Å². The summed E-state index contributed by atoms with van der Waals surface area (Å²) in [6, 6.07) is 10.3. The molecule has 1 unspecified atom stereocenters. The molecule has 2 amide bonds. The third-order valence-corrected chi connectivity index (χ3v) is 5.43. The van der Waals surface area contributed by atoms with Gasteiger partial charge in [-0.25, -0.2) is 4.98 Å². The summed E-state index contributed by atoms with van der Waals surface area (Å²) in [6.07, 6.45) is 4.25. The number of rotatable bonds is 9. The number of aromatic nitrogens is 1. The number of anilines is 1. The molecule has 2 N–H and O–H groups in total. The fraction of sp³-hybridized carbons (Fsp3) is 0.350. The van der Waals surface area contributed by atoms with Crippen LogP contribution in [-0.4, -0.2) is 48.9 Å². The molecule has 2 aromatic rings. The van der Waals surface area contributed by atoms with Gasteiger partial charge in [-0.1, -0.05) is 18.2 Å². The van der Waals surface area contributed by atoms with E-state index in [4.69, 9.17) is 0 Å². The van der Waals surface area contributed by atoms with E-state index in [0.717, 1.165) is 17.1 Å². The summed E-state index contributed by atoms with van der Waals surface area (Å²) in [5.41, 5.74) is 1.42. The first-order valence-corrected chi connectivity index (χ1v) is 11.1. The molecule has 1 aromatic heterocycles. The van der Waals surface area contributed by atoms with Gasteiger partial charge >= 0.3 is 0 Å². The minimum absolute atomic E-state index is 0.206. The van der Waals surface area contributed by atoms with Gasteiger partial charge in [0.15, 0.2) is 0 Å². The first kappa shape index (κ1) is 22.2. The van der Waals surface area contributed by atoms with Crippen molar-refractivity contribution in [3.05, 3.63) is 58.2 Å². The number of amides is 2. The Morgan fingerprint density at radius 2 is 1.96 bits per heavy atom. The van der Waals surface area contributed by atoms with Gasteiger partial charge in [0, 0.05) is 36.9 Å². The van der Waals surface area contributed by atoms with E-state index in [1.807, 2.05) is 43.5 Å². The van der Waals surface area contributed by atoms with Gasteiger partial charge in [-0.2, -0.15) is 11.8 Å². The van der Waals surface area contributed by atoms with Crippen molar-refractivity contribution < 1.29 is 9.59 Å². The third kappa shape index (κ3) is 6.24. The molecule has 0 spiro atoms. The van der Waals surface area contributed by atoms with Gasteiger partial charge in [0.25, 0.3) is 5.91 Å². The van der Waals surface area contributed by atoms with E-state index in [0.29, 0.717) is 23.0 Å². The molecule has 8 heteroatoms. The summed E-state index contributed by atoms with van der Waals surface area (Å²) in [5, 5.41) is 5.80. The van der Waals surface area contributed by atoms with Crippen molar-refractivity contribution in [2.45, 2.75) is 19.0 Å². The number of benzene rings is 1. The molecule has 1 aromatic carbocycles. The molecule has 0 fully saturated rings. The molecule has 0 aliphatic heterocycles. The first-order chi connectivity index (χ1) is 13.4. The second-order valence-corrected chi connectivity index (χ2v) is 8.23. The molecule has 0 aliphatic rings. The Morgan fingerprint density at radius 1 is 1.21 bits per heavy atom. The van der Waals surface area contributed by atoms with Crippen LogP contribution in [0.3, 0.4) is 0 Å². The maximum absolute atomic E-state index is 12.8. The van der Waals surface area contributed by atoms with Crippen LogP contribution in [0.15, 0.2) is 47.1 Å². The van der Waals surface area contributed by atoms with Crippen molar-refractivity contribution in [1.82, 2.24) is 15.6 Å². The maximum atomic E-state index is 12.8. The lowest BCUT2D eigenvalue weighted by Gasteiger charge is -2.20. The quantitative estimate of drug-likeness (QED) is 0.596. The van der Waals surface area contributed by atoms with Crippen molar-refractivity contribution in [2.24, 2.45) is 0 Å². The van der Waals surface area contributed by atoms with E-state index < -0.39 is 6.04 Å². The second-order valence-electron chi connectivity index (χ2n) is 6.39. The van der Waals surface area contributed by atoms with Crippen molar-refractivity contribution in [2.75, 3.05) is 31.0 Å². The van der Waals surface area contributed by atoms with Crippen LogP contribution in [0.4, 0.5) is 5.82 Å². The van der Waals surface area contributed by atoms with Gasteiger partial charge < -0.3 is 15.5 Å². The number of pyridine rings is 1. The number of hydrogen-bond acceptors (Lipinski definition) is 5. The lowest BCUT2D eigenvalue weighted by Crippen LogP contribution is -2.47. The van der Waals surface area contributed by atoms with Crippen LogP contribution in [0, 0.1) is 0 Å². The number of halogens is 1. The Morgan fingerprint density at radius 3 is 2.64 bits per heavy atom. The van der Waals surface area contributed by atoms with Crippen LogP contribution in [0.5, 0.6) is 0 Å². The van der Waals surface area contributed by atoms with Crippen LogP contribution >= 0.6 is 27.7 Å². The van der Waals surface area contributed by atoms with Crippen molar-refractivity contribution >= 4 is 45.3 Å². The first-order valence-electron chi connectivity index (χ1n) is 8.87. The van der Waals surface area contributed by atoms with Crippen molar-refractivity contribution in [3.63, 3.8) is 0 Å². The number of hydrogen-bond donors (Lipinski definition) is 2. The van der Waals surface area contributed by atoms with E-state index in [1.165, 1.54) is 0 Å². The summed E-state index contributed by atoms with van der Waals surface area (Å²) < 4.78 is 0.697. The molecule has 0 radical (unpaired) electrons. The molecule has 150 valence electrons. The number of nitrogens with zero attached hydrogens (tertiary/aromatic N) is 2. The summed E-state index contributed by atoms with van der Waals surface area (Å²) in [4.78, 5) is 31.6. The van der Waals surface area contributed by atoms with Gasteiger partial charge in [0.05, 0.1) is 5.56 Å². The van der Waals surface area contributed by atoms with Crippen LogP contribution in [0.2, 0.25) is 0 Å². The zero-order chi connectivity index (χ0) is 20.5. The summed E-state index contributed by atoms with van der Waals surface area (Å²) in [5.74, 6) is 1.09. The lowest BCUT2D eigenvalue weighted by molar-refractivity contribution is -0.123. The van der Waals surface area contributed by atoms with E-state index in [-0.39, 0.29) is 11.8 Å². The van der Waals surface area contributed by atoms with Gasteiger partial charge in [-0.15, -0.1) is 0 Å². The number of thioether (sulfide) groups is 1. The van der Waals surface area contributed by atoms with Gasteiger partial charge in [0.2, 0.25) is 5.91 Å². The van der Waals surface area contributed by atoms with Gasteiger partial charge in [-0.05, 0) is 52.6 Å². The Labute approximate surface area is 178 Å². The number of nitrogens with one attached hydrogen (secondary N) is 2. The molecule has 2 rings (SSSR count). The highest BCUT2D eigenvalue weighted by Crippen LogP contribution is 2.17. The number of carbonyl (C=O) groups excluding carboxylic acids is 2. The standard InChI is InChI=1S/C20H25BrN4O2S/c1-25(2)18-14(7-6-11-22-18)13-23-20(27)17(10-12-28-3)24-19(26)15-8-4-5-9-16(15)21/h4-9,11,17H,10,12-13H2,1-3H3,(H,23,27)(H,24,26). The molecule has 0 saturated heterocycles. The van der Waals surface area contributed by atoms with Crippen molar-refractivity contribution in [1.29, 1.82) is 0 Å². The Balaban J connectivity index is 2.07. The molecule has 0 saturated carbocycles. The summed E-state index contributed by atoms with van der Waals surface area (Å²) in [6.45, 7) is 0.348. The molecule has 1 heterocycles. The maximum Gasteiger partial charge on any atom is 0.253 e.